The van der Waals surface area contributed by atoms with Crippen molar-refractivity contribution >= 4 is 21.4 Å². The standard InChI is InChI=1S/C22H27NO4S/c1-3-4-5-6-7-10-13-23-16(15-28(2,26)27)14-19-20(23)22(25)18-12-9-8-11-17(18)21(19)24/h8-9,11-12,14H,3-7,10,13,15H2,1-2H3. The molecule has 1 aliphatic carbocycles. The first-order valence-electron chi connectivity index (χ1n) is 9.92. The average Bonchev–Trinajstić information content (AvgIpc) is 2.99. The van der Waals surface area contributed by atoms with Gasteiger partial charge in [-0.25, -0.2) is 8.42 Å². The third-order valence-electron chi connectivity index (χ3n) is 5.20. The zero-order valence-electron chi connectivity index (χ0n) is 16.5. The van der Waals surface area contributed by atoms with Crippen molar-refractivity contribution < 1.29 is 18.0 Å². The van der Waals surface area contributed by atoms with Crippen molar-refractivity contribution in [3.63, 3.8) is 0 Å². The van der Waals surface area contributed by atoms with E-state index in [1.807, 2.05) is 0 Å². The Balaban J connectivity index is 1.94. The predicted octanol–water partition coefficient (Wildman–Crippen LogP) is 4.17. The van der Waals surface area contributed by atoms with Crippen LogP contribution in [0.25, 0.3) is 0 Å². The molecule has 2 aromatic rings. The summed E-state index contributed by atoms with van der Waals surface area (Å²) in [5.74, 6) is -0.579. The van der Waals surface area contributed by atoms with Crippen LogP contribution in [-0.2, 0) is 22.1 Å². The van der Waals surface area contributed by atoms with Crippen LogP contribution in [0.5, 0.6) is 0 Å². The second kappa shape index (κ2) is 8.43. The van der Waals surface area contributed by atoms with Crippen LogP contribution in [0.15, 0.2) is 30.3 Å². The average molecular weight is 402 g/mol. The third kappa shape index (κ3) is 4.27. The van der Waals surface area contributed by atoms with E-state index < -0.39 is 9.84 Å². The Bertz CT molecular complexity index is 1000. The summed E-state index contributed by atoms with van der Waals surface area (Å²) in [6.45, 7) is 2.72. The SMILES string of the molecule is CCCCCCCCn1c(CS(C)(=O)=O)cc2c1C(=O)c1ccccc1C2=O. The van der Waals surface area contributed by atoms with Gasteiger partial charge in [0.15, 0.2) is 15.6 Å². The molecule has 6 heteroatoms. The lowest BCUT2D eigenvalue weighted by Gasteiger charge is -2.18. The van der Waals surface area contributed by atoms with Crippen LogP contribution in [0.1, 0.15) is 83.1 Å². The van der Waals surface area contributed by atoms with E-state index >= 15 is 0 Å². The summed E-state index contributed by atoms with van der Waals surface area (Å²) < 4.78 is 25.6. The number of fused-ring (bicyclic) bond motifs is 2. The molecule has 1 aromatic carbocycles. The summed E-state index contributed by atoms with van der Waals surface area (Å²) in [4.78, 5) is 26.0. The Morgan fingerprint density at radius 2 is 1.46 bits per heavy atom. The maximum absolute atomic E-state index is 13.1. The van der Waals surface area contributed by atoms with E-state index in [1.54, 1.807) is 34.9 Å². The third-order valence-corrected chi connectivity index (χ3v) is 6.02. The van der Waals surface area contributed by atoms with Crippen LogP contribution in [0, 0.1) is 0 Å². The highest BCUT2D eigenvalue weighted by Crippen LogP contribution is 2.31. The van der Waals surface area contributed by atoms with Gasteiger partial charge in [-0.05, 0) is 12.5 Å². The summed E-state index contributed by atoms with van der Waals surface area (Å²) in [7, 11) is -3.29. The maximum atomic E-state index is 13.1. The minimum absolute atomic E-state index is 0.174. The molecule has 0 radical (unpaired) electrons. The smallest absolute Gasteiger partial charge is 0.210 e. The van der Waals surface area contributed by atoms with E-state index in [-0.39, 0.29) is 17.3 Å². The number of rotatable bonds is 9. The summed E-state index contributed by atoms with van der Waals surface area (Å²) in [5, 5.41) is 0. The summed E-state index contributed by atoms with van der Waals surface area (Å²) in [5.41, 5.74) is 1.98. The van der Waals surface area contributed by atoms with Gasteiger partial charge in [0.1, 0.15) is 5.69 Å². The van der Waals surface area contributed by atoms with Crippen LogP contribution in [-0.4, -0.2) is 30.8 Å². The highest BCUT2D eigenvalue weighted by molar-refractivity contribution is 7.89. The molecule has 1 aliphatic rings. The number of nitrogens with zero attached hydrogens (tertiary/aromatic N) is 1. The van der Waals surface area contributed by atoms with E-state index in [9.17, 15) is 18.0 Å². The molecule has 0 spiro atoms. The van der Waals surface area contributed by atoms with Crippen LogP contribution >= 0.6 is 0 Å². The first kappa shape index (κ1) is 20.5. The Morgan fingerprint density at radius 3 is 2.11 bits per heavy atom. The van der Waals surface area contributed by atoms with Gasteiger partial charge < -0.3 is 4.57 Å². The molecular formula is C22H27NO4S. The summed E-state index contributed by atoms with van der Waals surface area (Å²) in [6, 6.07) is 8.40. The minimum atomic E-state index is -3.29. The highest BCUT2D eigenvalue weighted by atomic mass is 32.2. The fraction of sp³-hybridized carbons (Fsp3) is 0.455. The second-order valence-corrected chi connectivity index (χ2v) is 9.73. The van der Waals surface area contributed by atoms with Crippen LogP contribution in [0.2, 0.25) is 0 Å². The van der Waals surface area contributed by atoms with Gasteiger partial charge in [-0.1, -0.05) is 63.3 Å². The van der Waals surface area contributed by atoms with Gasteiger partial charge in [0.05, 0.1) is 11.3 Å². The molecule has 0 bridgehead atoms. The first-order valence-corrected chi connectivity index (χ1v) is 12.0. The van der Waals surface area contributed by atoms with Gasteiger partial charge >= 0.3 is 0 Å². The van der Waals surface area contributed by atoms with Gasteiger partial charge in [0, 0.05) is 29.6 Å². The Morgan fingerprint density at radius 1 is 0.857 bits per heavy atom. The lowest BCUT2D eigenvalue weighted by Crippen LogP contribution is -2.23. The van der Waals surface area contributed by atoms with Crippen LogP contribution in [0.3, 0.4) is 0 Å². The number of carbonyl (C=O) groups excluding carboxylic acids is 2. The van der Waals surface area contributed by atoms with E-state index in [0.717, 1.165) is 19.3 Å². The molecule has 0 saturated heterocycles. The van der Waals surface area contributed by atoms with Crippen LogP contribution < -0.4 is 0 Å². The van der Waals surface area contributed by atoms with E-state index in [1.165, 1.54) is 25.5 Å². The van der Waals surface area contributed by atoms with Crippen molar-refractivity contribution in [2.45, 2.75) is 57.7 Å². The normalized spacial score (nSPS) is 13.5. The van der Waals surface area contributed by atoms with Gasteiger partial charge in [-0.2, -0.15) is 0 Å². The quantitative estimate of drug-likeness (QED) is 0.505. The molecule has 1 heterocycles. The molecule has 3 rings (SSSR count). The first-order chi connectivity index (χ1) is 13.3. The second-order valence-electron chi connectivity index (χ2n) is 7.59. The molecule has 150 valence electrons. The molecule has 0 fully saturated rings. The number of carbonyl (C=O) groups is 2. The summed E-state index contributed by atoms with van der Waals surface area (Å²) >= 11 is 0. The zero-order chi connectivity index (χ0) is 20.3. The Hall–Kier alpha value is -2.21. The fourth-order valence-electron chi connectivity index (χ4n) is 3.87. The number of ketones is 2. The van der Waals surface area contributed by atoms with E-state index in [0.29, 0.717) is 34.6 Å². The molecule has 0 aliphatic heterocycles. The molecule has 0 N–H and O–H groups in total. The number of aromatic nitrogens is 1. The zero-order valence-corrected chi connectivity index (χ0v) is 17.3. The van der Waals surface area contributed by atoms with Gasteiger partial charge in [0.2, 0.25) is 5.78 Å². The number of unbranched alkanes of at least 4 members (excludes halogenated alkanes) is 5. The monoisotopic (exact) mass is 401 g/mol. The molecular weight excluding hydrogens is 374 g/mol. The highest BCUT2D eigenvalue weighted by Gasteiger charge is 2.34. The molecule has 0 amide bonds. The van der Waals surface area contributed by atoms with Gasteiger partial charge in [-0.15, -0.1) is 0 Å². The van der Waals surface area contributed by atoms with Crippen molar-refractivity contribution in [3.05, 3.63) is 58.4 Å². The maximum Gasteiger partial charge on any atom is 0.210 e. The number of hydrogen-bond acceptors (Lipinski definition) is 4. The minimum Gasteiger partial charge on any atom is -0.340 e. The van der Waals surface area contributed by atoms with Crippen molar-refractivity contribution in [2.75, 3.05) is 6.26 Å². The molecule has 0 unspecified atom stereocenters. The molecule has 0 atom stereocenters. The largest absolute Gasteiger partial charge is 0.340 e. The fourth-order valence-corrected chi connectivity index (χ4v) is 4.64. The summed E-state index contributed by atoms with van der Waals surface area (Å²) in [6.07, 6.45) is 7.73. The molecule has 5 nitrogen and oxygen atoms in total. The Labute approximate surface area is 166 Å². The molecule has 28 heavy (non-hydrogen) atoms. The van der Waals surface area contributed by atoms with E-state index in [4.69, 9.17) is 0 Å². The van der Waals surface area contributed by atoms with Crippen molar-refractivity contribution in [1.82, 2.24) is 4.57 Å². The topological polar surface area (TPSA) is 73.2 Å². The van der Waals surface area contributed by atoms with Gasteiger partial charge in [0.25, 0.3) is 0 Å². The van der Waals surface area contributed by atoms with E-state index in [2.05, 4.69) is 6.92 Å². The Kier molecular flexibility index (Phi) is 6.18. The lowest BCUT2D eigenvalue weighted by atomic mass is 9.88. The molecule has 1 aromatic heterocycles. The number of hydrogen-bond donors (Lipinski definition) is 0. The van der Waals surface area contributed by atoms with Crippen LogP contribution in [0.4, 0.5) is 0 Å². The van der Waals surface area contributed by atoms with Gasteiger partial charge in [-0.3, -0.25) is 9.59 Å². The lowest BCUT2D eigenvalue weighted by molar-refractivity contribution is 0.0973. The van der Waals surface area contributed by atoms with Crippen molar-refractivity contribution in [2.24, 2.45) is 0 Å². The van der Waals surface area contributed by atoms with Crippen molar-refractivity contribution in [3.8, 4) is 0 Å². The number of sulfone groups is 1. The number of benzene rings is 1. The molecule has 0 saturated carbocycles. The van der Waals surface area contributed by atoms with Crippen molar-refractivity contribution in [1.29, 1.82) is 0 Å². The predicted molar refractivity (Wildman–Crippen MR) is 110 cm³/mol.